The van der Waals surface area contributed by atoms with Crippen LogP contribution in [0.15, 0.2) is 54.6 Å². The Kier molecular flexibility index (Phi) is 13.9. The number of benzene rings is 3. The first-order valence-corrected chi connectivity index (χ1v) is 14.7. The van der Waals surface area contributed by atoms with Crippen molar-refractivity contribution in [1.82, 2.24) is 5.32 Å². The van der Waals surface area contributed by atoms with Gasteiger partial charge in [0.2, 0.25) is 0 Å². The molecule has 0 amide bonds. The van der Waals surface area contributed by atoms with Gasteiger partial charge in [-0.15, -0.1) is 0 Å². The minimum Gasteiger partial charge on any atom is -0.396 e. The topological polar surface area (TPSA) is 58.3 Å². The molecule has 0 bridgehead atoms. The molecular formula is C33H50N2O. The summed E-state index contributed by atoms with van der Waals surface area (Å²) in [6.45, 7) is 2.79. The fraction of sp³-hybridized carbons (Fsp3) is 0.576. The van der Waals surface area contributed by atoms with Crippen molar-refractivity contribution in [2.24, 2.45) is 11.7 Å². The third-order valence-corrected chi connectivity index (χ3v) is 7.74. The molecule has 0 heterocycles. The van der Waals surface area contributed by atoms with Crippen molar-refractivity contribution in [1.29, 1.82) is 0 Å². The first kappa shape index (κ1) is 28.6. The molecule has 3 heteroatoms. The van der Waals surface area contributed by atoms with E-state index < -0.39 is 0 Å². The van der Waals surface area contributed by atoms with E-state index in [-0.39, 0.29) is 0 Å². The zero-order chi connectivity index (χ0) is 25.3. The Morgan fingerprint density at radius 3 is 1.56 bits per heavy atom. The van der Waals surface area contributed by atoms with Gasteiger partial charge >= 0.3 is 0 Å². The van der Waals surface area contributed by atoms with E-state index >= 15 is 0 Å². The number of aliphatic hydroxyl groups excluding tert-OH is 1. The molecule has 0 saturated heterocycles. The maximum Gasteiger partial charge on any atom is 0.0459 e. The van der Waals surface area contributed by atoms with Crippen molar-refractivity contribution in [2.75, 3.05) is 19.7 Å². The van der Waals surface area contributed by atoms with E-state index in [0.717, 1.165) is 13.1 Å². The van der Waals surface area contributed by atoms with E-state index in [4.69, 9.17) is 5.73 Å². The van der Waals surface area contributed by atoms with Crippen LogP contribution in [0.1, 0.15) is 95.5 Å². The third kappa shape index (κ3) is 9.84. The molecule has 1 aliphatic carbocycles. The largest absolute Gasteiger partial charge is 0.396 e. The average Bonchev–Trinajstić information content (AvgIpc) is 2.93. The van der Waals surface area contributed by atoms with E-state index in [1.54, 1.807) is 0 Å². The molecule has 36 heavy (non-hydrogen) atoms. The summed E-state index contributed by atoms with van der Waals surface area (Å²) in [5.74, 6) is 0.597. The Morgan fingerprint density at radius 1 is 0.667 bits per heavy atom. The lowest BCUT2D eigenvalue weighted by molar-refractivity contribution is 0.204. The first-order valence-electron chi connectivity index (χ1n) is 14.7. The van der Waals surface area contributed by atoms with Crippen LogP contribution >= 0.6 is 0 Å². The standard InChI is InChI=1S/C17H18N2.C16H32O/c18-9-10-19-12-17-15-7-3-1-5-13(15)11-14-6-2-4-8-16(14)17;17-15-16-13-11-9-7-5-3-1-2-4-6-8-10-12-14-16/h1-8,11,19H,9-10,12,18H2;16-17H,1-15H2. The van der Waals surface area contributed by atoms with Gasteiger partial charge in [0.15, 0.2) is 0 Å². The molecule has 1 fully saturated rings. The van der Waals surface area contributed by atoms with Crippen molar-refractivity contribution in [3.63, 3.8) is 0 Å². The number of hydrogen-bond donors (Lipinski definition) is 3. The van der Waals surface area contributed by atoms with Crippen molar-refractivity contribution >= 4 is 21.5 Å². The summed E-state index contributed by atoms with van der Waals surface area (Å²) >= 11 is 0. The maximum atomic E-state index is 9.34. The van der Waals surface area contributed by atoms with Crippen molar-refractivity contribution < 1.29 is 5.11 Å². The summed E-state index contributed by atoms with van der Waals surface area (Å²) < 4.78 is 0. The molecule has 0 radical (unpaired) electrons. The van der Waals surface area contributed by atoms with E-state index in [1.807, 2.05) is 0 Å². The quantitative estimate of drug-likeness (QED) is 0.250. The SMILES string of the molecule is NCCNCc1c2ccccc2cc2ccccc12.OCC1CCCCCCCCCCCCCC1. The Balaban J connectivity index is 0.000000202. The molecule has 1 aliphatic rings. The van der Waals surface area contributed by atoms with E-state index in [1.165, 1.54) is 117 Å². The van der Waals surface area contributed by atoms with Gasteiger partial charge in [0.05, 0.1) is 0 Å². The van der Waals surface area contributed by atoms with Gasteiger partial charge in [-0.2, -0.15) is 0 Å². The minimum atomic E-state index is 0.417. The summed E-state index contributed by atoms with van der Waals surface area (Å²) in [5, 5.41) is 18.0. The molecule has 198 valence electrons. The summed E-state index contributed by atoms with van der Waals surface area (Å²) in [6.07, 6.45) is 19.5. The van der Waals surface area contributed by atoms with Gasteiger partial charge in [0.1, 0.15) is 0 Å². The predicted molar refractivity (Wildman–Crippen MR) is 157 cm³/mol. The van der Waals surface area contributed by atoms with Crippen molar-refractivity contribution in [2.45, 2.75) is 96.4 Å². The highest BCUT2D eigenvalue weighted by Gasteiger charge is 2.08. The number of aliphatic hydroxyl groups is 1. The van der Waals surface area contributed by atoms with Crippen molar-refractivity contribution in [3.05, 3.63) is 60.2 Å². The number of fused-ring (bicyclic) bond motifs is 2. The molecule has 0 aromatic heterocycles. The zero-order valence-electron chi connectivity index (χ0n) is 22.5. The highest BCUT2D eigenvalue weighted by Crippen LogP contribution is 2.28. The first-order chi connectivity index (χ1) is 17.8. The number of rotatable bonds is 5. The molecule has 0 unspecified atom stereocenters. The van der Waals surface area contributed by atoms with Gasteiger partial charge in [-0.3, -0.25) is 0 Å². The van der Waals surface area contributed by atoms with E-state index in [9.17, 15) is 5.11 Å². The average molecular weight is 491 g/mol. The monoisotopic (exact) mass is 490 g/mol. The second-order valence-corrected chi connectivity index (χ2v) is 10.6. The summed E-state index contributed by atoms with van der Waals surface area (Å²) in [6, 6.07) is 19.4. The normalized spacial score (nSPS) is 17.2. The molecule has 0 atom stereocenters. The van der Waals surface area contributed by atoms with Gasteiger partial charge in [-0.1, -0.05) is 126 Å². The molecule has 4 rings (SSSR count). The zero-order valence-corrected chi connectivity index (χ0v) is 22.5. The second kappa shape index (κ2) is 17.5. The van der Waals surface area contributed by atoms with Crippen LogP contribution in [0.3, 0.4) is 0 Å². The Bertz CT molecular complexity index is 916. The second-order valence-electron chi connectivity index (χ2n) is 10.6. The third-order valence-electron chi connectivity index (χ3n) is 7.74. The summed E-state index contributed by atoms with van der Waals surface area (Å²) in [5.41, 5.74) is 6.92. The van der Waals surface area contributed by atoms with Crippen LogP contribution in [-0.2, 0) is 6.54 Å². The van der Waals surface area contributed by atoms with Crippen LogP contribution < -0.4 is 11.1 Å². The Labute approximate surface area is 219 Å². The molecule has 3 aromatic carbocycles. The highest BCUT2D eigenvalue weighted by molar-refractivity contribution is 6.02. The van der Waals surface area contributed by atoms with Crippen LogP contribution in [0.4, 0.5) is 0 Å². The van der Waals surface area contributed by atoms with Crippen LogP contribution in [0.25, 0.3) is 21.5 Å². The minimum absolute atomic E-state index is 0.417. The van der Waals surface area contributed by atoms with Crippen molar-refractivity contribution in [3.8, 4) is 0 Å². The fourth-order valence-corrected chi connectivity index (χ4v) is 5.57. The van der Waals surface area contributed by atoms with Crippen LogP contribution in [-0.4, -0.2) is 24.8 Å². The lowest BCUT2D eigenvalue weighted by atomic mass is 9.95. The molecule has 3 aromatic rings. The molecule has 3 nitrogen and oxygen atoms in total. The van der Waals surface area contributed by atoms with Gasteiger partial charge in [-0.05, 0) is 51.9 Å². The fourth-order valence-electron chi connectivity index (χ4n) is 5.57. The Morgan fingerprint density at radius 2 is 1.11 bits per heavy atom. The van der Waals surface area contributed by atoms with Crippen LogP contribution in [0.2, 0.25) is 0 Å². The maximum absolute atomic E-state index is 9.34. The number of nitrogens with one attached hydrogen (secondary N) is 1. The summed E-state index contributed by atoms with van der Waals surface area (Å²) in [4.78, 5) is 0. The molecule has 4 N–H and O–H groups in total. The number of nitrogens with two attached hydrogens (primary N) is 1. The molecule has 1 saturated carbocycles. The summed E-state index contributed by atoms with van der Waals surface area (Å²) in [7, 11) is 0. The van der Waals surface area contributed by atoms with Gasteiger partial charge in [0.25, 0.3) is 0 Å². The number of hydrogen-bond acceptors (Lipinski definition) is 3. The van der Waals surface area contributed by atoms with Gasteiger partial charge in [0, 0.05) is 26.2 Å². The lowest BCUT2D eigenvalue weighted by Gasteiger charge is -2.13. The molecular weight excluding hydrogens is 440 g/mol. The smallest absolute Gasteiger partial charge is 0.0459 e. The van der Waals surface area contributed by atoms with Gasteiger partial charge < -0.3 is 16.2 Å². The molecule has 0 aliphatic heterocycles. The van der Waals surface area contributed by atoms with E-state index in [0.29, 0.717) is 19.1 Å². The molecule has 0 spiro atoms. The van der Waals surface area contributed by atoms with Crippen LogP contribution in [0.5, 0.6) is 0 Å². The van der Waals surface area contributed by atoms with E-state index in [2.05, 4.69) is 59.9 Å². The van der Waals surface area contributed by atoms with Gasteiger partial charge in [-0.25, -0.2) is 0 Å². The lowest BCUT2D eigenvalue weighted by Crippen LogP contribution is -2.22. The Hall–Kier alpha value is -1.94. The predicted octanol–water partition coefficient (Wildman–Crippen LogP) is 8.11. The highest BCUT2D eigenvalue weighted by atomic mass is 16.3. The van der Waals surface area contributed by atoms with Crippen LogP contribution in [0, 0.1) is 5.92 Å².